The molecule has 5 heteroatoms. The molecule has 5 nitrogen and oxygen atoms in total. The molecule has 108 valence electrons. The van der Waals surface area contributed by atoms with Crippen LogP contribution in [0.15, 0.2) is 42.7 Å². The van der Waals surface area contributed by atoms with Crippen LogP contribution in [0.25, 0.3) is 0 Å². The van der Waals surface area contributed by atoms with E-state index in [9.17, 15) is 9.59 Å². The van der Waals surface area contributed by atoms with Crippen molar-refractivity contribution in [2.45, 2.75) is 31.7 Å². The zero-order chi connectivity index (χ0) is 14.8. The SMILES string of the molecule is CCC(c1ncc[nH]1)N1C(=O)CC(c2ccccc2)C1=O. The van der Waals surface area contributed by atoms with Gasteiger partial charge in [0.2, 0.25) is 11.8 Å². The molecule has 1 fully saturated rings. The van der Waals surface area contributed by atoms with Crippen molar-refractivity contribution in [3.05, 3.63) is 54.1 Å². The summed E-state index contributed by atoms with van der Waals surface area (Å²) in [5.41, 5.74) is 0.896. The Kier molecular flexibility index (Phi) is 3.56. The second-order valence-electron chi connectivity index (χ2n) is 5.17. The topological polar surface area (TPSA) is 66.1 Å². The van der Waals surface area contributed by atoms with E-state index in [-0.39, 0.29) is 30.2 Å². The van der Waals surface area contributed by atoms with Gasteiger partial charge < -0.3 is 4.98 Å². The number of hydrogen-bond acceptors (Lipinski definition) is 3. The molecule has 2 heterocycles. The number of nitrogens with one attached hydrogen (secondary N) is 1. The zero-order valence-corrected chi connectivity index (χ0v) is 11.8. The third-order valence-electron chi connectivity index (χ3n) is 3.92. The van der Waals surface area contributed by atoms with Crippen LogP contribution in [-0.4, -0.2) is 26.7 Å². The molecule has 0 radical (unpaired) electrons. The first-order valence-corrected chi connectivity index (χ1v) is 7.12. The Morgan fingerprint density at radius 1 is 1.33 bits per heavy atom. The van der Waals surface area contributed by atoms with Gasteiger partial charge in [-0.2, -0.15) is 0 Å². The van der Waals surface area contributed by atoms with Crippen molar-refractivity contribution >= 4 is 11.8 Å². The number of rotatable bonds is 4. The maximum Gasteiger partial charge on any atom is 0.237 e. The maximum absolute atomic E-state index is 12.7. The van der Waals surface area contributed by atoms with Gasteiger partial charge in [0.1, 0.15) is 5.82 Å². The molecule has 0 bridgehead atoms. The molecule has 2 aromatic rings. The van der Waals surface area contributed by atoms with Gasteiger partial charge >= 0.3 is 0 Å². The fourth-order valence-corrected chi connectivity index (χ4v) is 2.88. The predicted molar refractivity (Wildman–Crippen MR) is 77.3 cm³/mol. The van der Waals surface area contributed by atoms with Crippen LogP contribution in [0.1, 0.15) is 43.1 Å². The lowest BCUT2D eigenvalue weighted by Gasteiger charge is -2.23. The van der Waals surface area contributed by atoms with Crippen molar-refractivity contribution in [1.29, 1.82) is 0 Å². The van der Waals surface area contributed by atoms with Gasteiger partial charge in [0.25, 0.3) is 0 Å². The number of aromatic amines is 1. The summed E-state index contributed by atoms with van der Waals surface area (Å²) in [7, 11) is 0. The smallest absolute Gasteiger partial charge is 0.237 e. The first kappa shape index (κ1) is 13.5. The number of imidazole rings is 1. The van der Waals surface area contributed by atoms with Crippen molar-refractivity contribution in [2.75, 3.05) is 0 Å². The Labute approximate surface area is 123 Å². The summed E-state index contributed by atoms with van der Waals surface area (Å²) in [5.74, 6) is 0.0298. The number of imide groups is 1. The van der Waals surface area contributed by atoms with Gasteiger partial charge in [-0.25, -0.2) is 4.98 Å². The number of likely N-dealkylation sites (tertiary alicyclic amines) is 1. The Morgan fingerprint density at radius 3 is 2.71 bits per heavy atom. The lowest BCUT2D eigenvalue weighted by molar-refractivity contribution is -0.141. The van der Waals surface area contributed by atoms with E-state index in [1.165, 1.54) is 4.90 Å². The molecule has 3 rings (SSSR count). The van der Waals surface area contributed by atoms with E-state index in [1.54, 1.807) is 12.4 Å². The second-order valence-corrected chi connectivity index (χ2v) is 5.17. The fraction of sp³-hybridized carbons (Fsp3) is 0.312. The molecule has 1 aliphatic heterocycles. The summed E-state index contributed by atoms with van der Waals surface area (Å²) >= 11 is 0. The highest BCUT2D eigenvalue weighted by Crippen LogP contribution is 2.35. The molecule has 1 saturated heterocycles. The molecule has 1 aromatic carbocycles. The first-order valence-electron chi connectivity index (χ1n) is 7.12. The molecule has 1 N–H and O–H groups in total. The normalized spacial score (nSPS) is 20.0. The maximum atomic E-state index is 12.7. The lowest BCUT2D eigenvalue weighted by atomic mass is 9.98. The number of hydrogen-bond donors (Lipinski definition) is 1. The molecule has 1 aromatic heterocycles. The Balaban J connectivity index is 1.90. The number of H-pyrrole nitrogens is 1. The minimum absolute atomic E-state index is 0.128. The molecule has 2 amide bonds. The minimum Gasteiger partial charge on any atom is -0.347 e. The molecule has 21 heavy (non-hydrogen) atoms. The number of benzene rings is 1. The van der Waals surface area contributed by atoms with Gasteiger partial charge in [-0.05, 0) is 12.0 Å². The quantitative estimate of drug-likeness (QED) is 0.876. The van der Waals surface area contributed by atoms with Crippen LogP contribution in [0, 0.1) is 0 Å². The molecule has 2 atom stereocenters. The van der Waals surface area contributed by atoms with Crippen LogP contribution < -0.4 is 0 Å². The summed E-state index contributed by atoms with van der Waals surface area (Å²) in [6, 6.07) is 9.16. The van der Waals surface area contributed by atoms with Crippen LogP contribution in [0.3, 0.4) is 0 Å². The number of nitrogens with zero attached hydrogens (tertiary/aromatic N) is 2. The zero-order valence-electron chi connectivity index (χ0n) is 11.8. The van der Waals surface area contributed by atoms with E-state index in [2.05, 4.69) is 9.97 Å². The van der Waals surface area contributed by atoms with E-state index >= 15 is 0 Å². The van der Waals surface area contributed by atoms with E-state index in [0.717, 1.165) is 5.56 Å². The van der Waals surface area contributed by atoms with Crippen molar-refractivity contribution < 1.29 is 9.59 Å². The molecule has 2 unspecified atom stereocenters. The van der Waals surface area contributed by atoms with Gasteiger partial charge in [0.15, 0.2) is 0 Å². The number of amides is 2. The average molecular weight is 283 g/mol. The van der Waals surface area contributed by atoms with E-state index in [1.807, 2.05) is 37.3 Å². The lowest BCUT2D eigenvalue weighted by Crippen LogP contribution is -2.34. The molecular formula is C16H17N3O2. The summed E-state index contributed by atoms with van der Waals surface area (Å²) in [6.45, 7) is 1.95. The van der Waals surface area contributed by atoms with Gasteiger partial charge in [-0.1, -0.05) is 37.3 Å². The summed E-state index contributed by atoms with van der Waals surface area (Å²) in [5, 5.41) is 0. The monoisotopic (exact) mass is 283 g/mol. The van der Waals surface area contributed by atoms with Crippen LogP contribution in [-0.2, 0) is 9.59 Å². The van der Waals surface area contributed by atoms with Gasteiger partial charge in [-0.15, -0.1) is 0 Å². The standard InChI is InChI=1S/C16H17N3O2/c1-2-13(15-17-8-9-18-15)19-14(20)10-12(16(19)21)11-6-4-3-5-7-11/h3-9,12-13H,2,10H2,1H3,(H,17,18). The Hall–Kier alpha value is -2.43. The summed E-state index contributed by atoms with van der Waals surface area (Å²) < 4.78 is 0. The second kappa shape index (κ2) is 5.52. The minimum atomic E-state index is -0.372. The van der Waals surface area contributed by atoms with Crippen molar-refractivity contribution in [2.24, 2.45) is 0 Å². The molecule has 0 saturated carbocycles. The third-order valence-corrected chi connectivity index (χ3v) is 3.92. The van der Waals surface area contributed by atoms with E-state index in [4.69, 9.17) is 0 Å². The molecule has 1 aliphatic rings. The average Bonchev–Trinajstić information content (AvgIpc) is 3.12. The Bertz CT molecular complexity index is 637. The van der Waals surface area contributed by atoms with Crippen molar-refractivity contribution in [1.82, 2.24) is 14.9 Å². The predicted octanol–water partition coefficient (Wildman–Crippen LogP) is 2.40. The van der Waals surface area contributed by atoms with Gasteiger partial charge in [0, 0.05) is 18.8 Å². The number of carbonyl (C=O) groups is 2. The van der Waals surface area contributed by atoms with Crippen LogP contribution in [0.5, 0.6) is 0 Å². The fourth-order valence-electron chi connectivity index (χ4n) is 2.88. The van der Waals surface area contributed by atoms with Crippen molar-refractivity contribution in [3.63, 3.8) is 0 Å². The highest BCUT2D eigenvalue weighted by Gasteiger charge is 2.43. The number of carbonyl (C=O) groups excluding carboxylic acids is 2. The van der Waals surface area contributed by atoms with Crippen LogP contribution in [0.2, 0.25) is 0 Å². The van der Waals surface area contributed by atoms with E-state index in [0.29, 0.717) is 12.2 Å². The molecular weight excluding hydrogens is 266 g/mol. The molecule has 0 aliphatic carbocycles. The van der Waals surface area contributed by atoms with E-state index < -0.39 is 0 Å². The molecule has 0 spiro atoms. The highest BCUT2D eigenvalue weighted by atomic mass is 16.2. The van der Waals surface area contributed by atoms with Crippen molar-refractivity contribution in [3.8, 4) is 0 Å². The summed E-state index contributed by atoms with van der Waals surface area (Å²) in [4.78, 5) is 33.6. The third kappa shape index (κ3) is 2.35. The van der Waals surface area contributed by atoms with Gasteiger partial charge in [0.05, 0.1) is 12.0 Å². The first-order chi connectivity index (χ1) is 10.2. The number of aromatic nitrogens is 2. The largest absolute Gasteiger partial charge is 0.347 e. The van der Waals surface area contributed by atoms with Crippen LogP contribution in [0.4, 0.5) is 0 Å². The summed E-state index contributed by atoms with van der Waals surface area (Å²) in [6.07, 6.45) is 4.22. The van der Waals surface area contributed by atoms with Crippen LogP contribution >= 0.6 is 0 Å². The highest BCUT2D eigenvalue weighted by molar-refractivity contribution is 6.06. The van der Waals surface area contributed by atoms with Gasteiger partial charge in [-0.3, -0.25) is 14.5 Å². The Morgan fingerprint density at radius 2 is 2.10 bits per heavy atom.